The Kier molecular flexibility index (Phi) is 5.28. The van der Waals surface area contributed by atoms with Gasteiger partial charge in [-0.3, -0.25) is 4.57 Å². The van der Waals surface area contributed by atoms with E-state index in [1.165, 1.54) is 33.0 Å². The highest BCUT2D eigenvalue weighted by Crippen LogP contribution is 2.51. The van der Waals surface area contributed by atoms with Gasteiger partial charge in [-0.15, -0.1) is 0 Å². The third-order valence-corrected chi connectivity index (χ3v) is 9.87. The van der Waals surface area contributed by atoms with E-state index >= 15 is 0 Å². The maximum atomic E-state index is 6.13. The molecule has 9 aromatic rings. The van der Waals surface area contributed by atoms with E-state index in [-0.39, 0.29) is 5.41 Å². The molecule has 0 amide bonds. The molecule has 0 aliphatic heterocycles. The second-order valence-corrected chi connectivity index (χ2v) is 12.9. The quantitative estimate of drug-likeness (QED) is 0.201. The predicted molar refractivity (Wildman–Crippen MR) is 190 cm³/mol. The highest BCUT2D eigenvalue weighted by Gasteiger charge is 2.36. The van der Waals surface area contributed by atoms with Crippen molar-refractivity contribution < 1.29 is 4.42 Å². The highest BCUT2D eigenvalue weighted by molar-refractivity contribution is 6.11. The number of hydrogen-bond acceptors (Lipinski definition) is 4. The van der Waals surface area contributed by atoms with Crippen LogP contribution in [-0.2, 0) is 5.41 Å². The van der Waals surface area contributed by atoms with Crippen LogP contribution in [0.25, 0.3) is 83.6 Å². The van der Waals surface area contributed by atoms with E-state index in [9.17, 15) is 0 Å². The van der Waals surface area contributed by atoms with Crippen LogP contribution in [0.2, 0.25) is 0 Å². The molecule has 5 nitrogen and oxygen atoms in total. The van der Waals surface area contributed by atoms with Crippen molar-refractivity contribution in [1.82, 2.24) is 19.5 Å². The highest BCUT2D eigenvalue weighted by atomic mass is 16.3. The van der Waals surface area contributed by atoms with E-state index in [1.807, 2.05) is 60.7 Å². The minimum absolute atomic E-state index is 0.135. The number of benzene rings is 6. The van der Waals surface area contributed by atoms with Crippen molar-refractivity contribution in [3.05, 3.63) is 145 Å². The van der Waals surface area contributed by atoms with E-state index in [1.54, 1.807) is 0 Å². The summed E-state index contributed by atoms with van der Waals surface area (Å²) in [5, 5.41) is 4.46. The van der Waals surface area contributed by atoms with Crippen molar-refractivity contribution in [2.45, 2.75) is 19.3 Å². The Balaban J connectivity index is 1.27. The summed E-state index contributed by atoms with van der Waals surface area (Å²) in [6.45, 7) is 4.64. The molecule has 0 saturated heterocycles. The molecule has 0 bridgehead atoms. The fourth-order valence-corrected chi connectivity index (χ4v) is 7.55. The Morgan fingerprint density at radius 2 is 1.19 bits per heavy atom. The number of hydrogen-bond donors (Lipinski definition) is 0. The number of furan rings is 1. The topological polar surface area (TPSA) is 56.7 Å². The second kappa shape index (κ2) is 9.47. The van der Waals surface area contributed by atoms with Crippen molar-refractivity contribution in [3.63, 3.8) is 0 Å². The van der Waals surface area contributed by atoms with Gasteiger partial charge in [-0.25, -0.2) is 4.98 Å². The standard InChI is InChI=1S/C42H28N4O/c1-42(2)33-17-9-6-14-27(33)30-23-31-28-15-7-10-18-35(28)46(36(31)24-34(30)42)41-44-39(25-12-4-3-5-13-25)43-40(45-41)26-20-21-38-32(22-26)29-16-8-11-19-37(29)47-38/h3-24H,1-2H3. The van der Waals surface area contributed by atoms with Gasteiger partial charge in [-0.1, -0.05) is 105 Å². The number of aromatic nitrogens is 4. The second-order valence-electron chi connectivity index (χ2n) is 12.9. The lowest BCUT2D eigenvalue weighted by Crippen LogP contribution is -2.15. The van der Waals surface area contributed by atoms with Crippen LogP contribution in [0.1, 0.15) is 25.0 Å². The molecular weight excluding hydrogens is 576 g/mol. The Bertz CT molecular complexity index is 2720. The Labute approximate surface area is 270 Å². The third kappa shape index (κ3) is 3.74. The van der Waals surface area contributed by atoms with Crippen molar-refractivity contribution in [3.8, 4) is 39.9 Å². The predicted octanol–water partition coefficient (Wildman–Crippen LogP) is 10.5. The SMILES string of the molecule is CC1(C)c2ccccc2-c2cc3c4ccccc4n(-c4nc(-c5ccccc5)nc(-c5ccc6oc7ccccc7c6c5)n4)c3cc21. The summed E-state index contributed by atoms with van der Waals surface area (Å²) in [6.07, 6.45) is 0. The number of nitrogens with zero attached hydrogens (tertiary/aromatic N) is 4. The van der Waals surface area contributed by atoms with Crippen molar-refractivity contribution in [1.29, 1.82) is 0 Å². The summed E-state index contributed by atoms with van der Waals surface area (Å²) >= 11 is 0. The van der Waals surface area contributed by atoms with Gasteiger partial charge in [-0.2, -0.15) is 9.97 Å². The van der Waals surface area contributed by atoms with Gasteiger partial charge in [-0.05, 0) is 64.7 Å². The van der Waals surface area contributed by atoms with Crippen molar-refractivity contribution in [2.75, 3.05) is 0 Å². The zero-order valence-electron chi connectivity index (χ0n) is 25.9. The van der Waals surface area contributed by atoms with Gasteiger partial charge in [0.05, 0.1) is 11.0 Å². The molecule has 0 unspecified atom stereocenters. The summed E-state index contributed by atoms with van der Waals surface area (Å²) in [7, 11) is 0. The Morgan fingerprint density at radius 3 is 2.06 bits per heavy atom. The van der Waals surface area contributed by atoms with Crippen LogP contribution < -0.4 is 0 Å². The van der Waals surface area contributed by atoms with Crippen LogP contribution in [0.5, 0.6) is 0 Å². The van der Waals surface area contributed by atoms with Crippen molar-refractivity contribution >= 4 is 43.7 Å². The first-order chi connectivity index (χ1) is 23.0. The van der Waals surface area contributed by atoms with Crippen LogP contribution >= 0.6 is 0 Å². The average Bonchev–Trinajstić information content (AvgIpc) is 3.73. The minimum atomic E-state index is -0.135. The lowest BCUT2D eigenvalue weighted by Gasteiger charge is -2.21. The molecule has 0 radical (unpaired) electrons. The van der Waals surface area contributed by atoms with Gasteiger partial charge < -0.3 is 4.42 Å². The molecule has 0 saturated carbocycles. The van der Waals surface area contributed by atoms with Gasteiger partial charge in [0.15, 0.2) is 11.6 Å². The maximum absolute atomic E-state index is 6.13. The minimum Gasteiger partial charge on any atom is -0.456 e. The molecule has 6 aromatic carbocycles. The molecule has 0 fully saturated rings. The van der Waals surface area contributed by atoms with Crippen LogP contribution in [-0.4, -0.2) is 19.5 Å². The number of para-hydroxylation sites is 2. The van der Waals surface area contributed by atoms with Gasteiger partial charge in [0, 0.05) is 38.1 Å². The van der Waals surface area contributed by atoms with Crippen LogP contribution in [0.15, 0.2) is 138 Å². The van der Waals surface area contributed by atoms with Gasteiger partial charge >= 0.3 is 0 Å². The molecule has 0 atom stereocenters. The monoisotopic (exact) mass is 604 g/mol. The first-order valence-corrected chi connectivity index (χ1v) is 16.0. The molecule has 3 heterocycles. The summed E-state index contributed by atoms with van der Waals surface area (Å²) in [5.74, 6) is 1.83. The summed E-state index contributed by atoms with van der Waals surface area (Å²) in [4.78, 5) is 15.4. The summed E-state index contributed by atoms with van der Waals surface area (Å²) in [6, 6.07) is 46.5. The molecule has 222 valence electrons. The molecular formula is C42H28N4O. The molecule has 1 aliphatic carbocycles. The van der Waals surface area contributed by atoms with Crippen LogP contribution in [0.3, 0.4) is 0 Å². The van der Waals surface area contributed by atoms with Crippen LogP contribution in [0.4, 0.5) is 0 Å². The first-order valence-electron chi connectivity index (χ1n) is 16.0. The Morgan fingerprint density at radius 1 is 0.489 bits per heavy atom. The molecule has 10 rings (SSSR count). The van der Waals surface area contributed by atoms with Gasteiger partial charge in [0.1, 0.15) is 11.2 Å². The Hall–Kier alpha value is -6.07. The van der Waals surface area contributed by atoms with E-state index < -0.39 is 0 Å². The molecule has 5 heteroatoms. The van der Waals surface area contributed by atoms with E-state index in [4.69, 9.17) is 19.4 Å². The zero-order chi connectivity index (χ0) is 31.3. The van der Waals surface area contributed by atoms with E-state index in [0.717, 1.165) is 44.1 Å². The first kappa shape index (κ1) is 26.2. The third-order valence-electron chi connectivity index (χ3n) is 9.87. The molecule has 0 N–H and O–H groups in total. The average molecular weight is 605 g/mol. The smallest absolute Gasteiger partial charge is 0.238 e. The van der Waals surface area contributed by atoms with E-state index in [0.29, 0.717) is 17.6 Å². The summed E-state index contributed by atoms with van der Waals surface area (Å²) < 4.78 is 8.35. The lowest BCUT2D eigenvalue weighted by atomic mass is 9.82. The molecule has 1 aliphatic rings. The van der Waals surface area contributed by atoms with Crippen LogP contribution in [0, 0.1) is 0 Å². The molecule has 0 spiro atoms. The molecule has 47 heavy (non-hydrogen) atoms. The maximum Gasteiger partial charge on any atom is 0.238 e. The fourth-order valence-electron chi connectivity index (χ4n) is 7.55. The number of fused-ring (bicyclic) bond motifs is 9. The zero-order valence-corrected chi connectivity index (χ0v) is 25.9. The fraction of sp³-hybridized carbons (Fsp3) is 0.0714. The largest absolute Gasteiger partial charge is 0.456 e. The molecule has 3 aromatic heterocycles. The van der Waals surface area contributed by atoms with Gasteiger partial charge in [0.2, 0.25) is 5.95 Å². The van der Waals surface area contributed by atoms with E-state index in [2.05, 4.69) is 91.2 Å². The number of rotatable bonds is 3. The van der Waals surface area contributed by atoms with Gasteiger partial charge in [0.25, 0.3) is 0 Å². The van der Waals surface area contributed by atoms with Crippen molar-refractivity contribution in [2.24, 2.45) is 0 Å². The normalized spacial score (nSPS) is 13.5. The summed E-state index contributed by atoms with van der Waals surface area (Å²) in [5.41, 5.74) is 10.8. The lowest BCUT2D eigenvalue weighted by molar-refractivity contribution is 0.661.